The minimum absolute atomic E-state index is 0.709. The Labute approximate surface area is 216 Å². The van der Waals surface area contributed by atoms with E-state index in [0.29, 0.717) is 11.8 Å². The smallest absolute Gasteiger partial charge is 0.0188 e. The summed E-state index contributed by atoms with van der Waals surface area (Å²) in [5.41, 5.74) is 3.27. The van der Waals surface area contributed by atoms with Gasteiger partial charge in [0.05, 0.1) is 0 Å². The second kappa shape index (κ2) is 22.7. The molecule has 0 nitrogen and oxygen atoms in total. The Bertz CT molecular complexity index is 496. The van der Waals surface area contributed by atoms with Crippen LogP contribution in [0.25, 0.3) is 0 Å². The van der Waals surface area contributed by atoms with Gasteiger partial charge < -0.3 is 0 Å². The van der Waals surface area contributed by atoms with Crippen molar-refractivity contribution in [2.24, 2.45) is 0 Å². The first kappa shape index (κ1) is 31.3. The van der Waals surface area contributed by atoms with Crippen molar-refractivity contribution in [2.75, 3.05) is 0 Å². The average Bonchev–Trinajstić information content (AvgIpc) is 2.86. The molecule has 0 heterocycles. The van der Waals surface area contributed by atoms with Crippen LogP contribution in [0.3, 0.4) is 0 Å². The summed E-state index contributed by atoms with van der Waals surface area (Å²) in [4.78, 5) is 0. The van der Waals surface area contributed by atoms with Crippen molar-refractivity contribution in [2.45, 2.75) is 181 Å². The fraction of sp³-hybridized carbons (Fsp3) is 0.824. The first-order valence-electron chi connectivity index (χ1n) is 15.8. The summed E-state index contributed by atoms with van der Waals surface area (Å²) in [6.45, 7) is 9.55. The van der Waals surface area contributed by atoms with Gasteiger partial charge >= 0.3 is 0 Å². The lowest BCUT2D eigenvalue weighted by Gasteiger charge is -2.21. The van der Waals surface area contributed by atoms with Gasteiger partial charge in [-0.3, -0.25) is 0 Å². The molecule has 0 aliphatic rings. The van der Waals surface area contributed by atoms with Crippen molar-refractivity contribution in [3.8, 4) is 0 Å². The van der Waals surface area contributed by atoms with Crippen LogP contribution in [-0.2, 0) is 0 Å². The Morgan fingerprint density at radius 1 is 0.412 bits per heavy atom. The van der Waals surface area contributed by atoms with Crippen molar-refractivity contribution >= 4 is 0 Å². The molecule has 0 bridgehead atoms. The molecule has 2 atom stereocenters. The molecule has 0 amide bonds. The van der Waals surface area contributed by atoms with Crippen LogP contribution in [0.1, 0.15) is 192 Å². The zero-order chi connectivity index (χ0) is 24.7. The van der Waals surface area contributed by atoms with Crippen LogP contribution in [0.5, 0.6) is 0 Å². The third kappa shape index (κ3) is 16.0. The number of unbranched alkanes of at least 4 members (excludes halogenated alkanes) is 18. The van der Waals surface area contributed by atoms with E-state index in [1.54, 1.807) is 11.1 Å². The minimum Gasteiger partial charge on any atom is -0.0654 e. The normalized spacial score (nSPS) is 13.3. The van der Waals surface area contributed by atoms with E-state index in [2.05, 4.69) is 52.0 Å². The second-order valence-electron chi connectivity index (χ2n) is 11.4. The van der Waals surface area contributed by atoms with Gasteiger partial charge in [-0.15, -0.1) is 0 Å². The number of benzene rings is 1. The van der Waals surface area contributed by atoms with Gasteiger partial charge in [0, 0.05) is 0 Å². The molecule has 0 spiro atoms. The van der Waals surface area contributed by atoms with Crippen molar-refractivity contribution in [3.63, 3.8) is 0 Å². The highest BCUT2D eigenvalue weighted by atomic mass is 14.2. The summed E-state index contributed by atoms with van der Waals surface area (Å²) in [6.07, 6.45) is 31.4. The number of hydrogen-bond donors (Lipinski definition) is 0. The fourth-order valence-corrected chi connectivity index (χ4v) is 5.60. The van der Waals surface area contributed by atoms with Gasteiger partial charge in [0.25, 0.3) is 0 Å². The lowest BCUT2D eigenvalue weighted by Crippen LogP contribution is -2.03. The van der Waals surface area contributed by atoms with Crippen LogP contribution in [0.4, 0.5) is 0 Å². The molecule has 1 aromatic rings. The Balaban J connectivity index is 2.18. The van der Waals surface area contributed by atoms with Crippen molar-refractivity contribution < 1.29 is 0 Å². The van der Waals surface area contributed by atoms with E-state index in [1.165, 1.54) is 141 Å². The van der Waals surface area contributed by atoms with Crippen molar-refractivity contribution in [3.05, 3.63) is 35.4 Å². The molecule has 0 aliphatic carbocycles. The van der Waals surface area contributed by atoms with E-state index in [0.717, 1.165) is 0 Å². The monoisotopic (exact) mass is 470 g/mol. The quantitative estimate of drug-likeness (QED) is 0.132. The molecule has 0 fully saturated rings. The Morgan fingerprint density at radius 2 is 0.676 bits per heavy atom. The van der Waals surface area contributed by atoms with E-state index >= 15 is 0 Å². The molecule has 1 rings (SSSR count). The highest BCUT2D eigenvalue weighted by molar-refractivity contribution is 5.32. The molecule has 0 saturated carbocycles. The van der Waals surface area contributed by atoms with E-state index in [9.17, 15) is 0 Å². The second-order valence-corrected chi connectivity index (χ2v) is 11.4. The summed E-state index contributed by atoms with van der Waals surface area (Å²) >= 11 is 0. The van der Waals surface area contributed by atoms with Crippen LogP contribution < -0.4 is 0 Å². The molecule has 2 unspecified atom stereocenters. The topological polar surface area (TPSA) is 0 Å². The van der Waals surface area contributed by atoms with Gasteiger partial charge in [-0.2, -0.15) is 0 Å². The predicted octanol–water partition coefficient (Wildman–Crippen LogP) is 12.5. The summed E-state index contributed by atoms with van der Waals surface area (Å²) in [6, 6.07) is 9.37. The zero-order valence-corrected chi connectivity index (χ0v) is 24.0. The lowest BCUT2D eigenvalue weighted by atomic mass is 9.84. The summed E-state index contributed by atoms with van der Waals surface area (Å²) < 4.78 is 0. The van der Waals surface area contributed by atoms with Crippen molar-refractivity contribution in [1.82, 2.24) is 0 Å². The fourth-order valence-electron chi connectivity index (χ4n) is 5.60. The molecule has 0 N–H and O–H groups in total. The minimum atomic E-state index is 0.709. The first-order chi connectivity index (χ1) is 16.7. The predicted molar refractivity (Wildman–Crippen MR) is 156 cm³/mol. The van der Waals surface area contributed by atoms with Gasteiger partial charge in [0.2, 0.25) is 0 Å². The SMILES string of the molecule is CCCCCCCCCCCCC(C)c1ccccc1C(C)CCCCCCCCCCCC. The van der Waals surface area contributed by atoms with Gasteiger partial charge in [-0.05, 0) is 35.8 Å². The van der Waals surface area contributed by atoms with Crippen LogP contribution in [-0.4, -0.2) is 0 Å². The highest BCUT2D eigenvalue weighted by Gasteiger charge is 2.14. The Kier molecular flexibility index (Phi) is 20.8. The van der Waals surface area contributed by atoms with Gasteiger partial charge in [-0.1, -0.05) is 180 Å². The van der Waals surface area contributed by atoms with E-state index in [4.69, 9.17) is 0 Å². The molecule has 198 valence electrons. The van der Waals surface area contributed by atoms with Crippen LogP contribution in [0.2, 0.25) is 0 Å². The van der Waals surface area contributed by atoms with Gasteiger partial charge in [-0.25, -0.2) is 0 Å². The summed E-state index contributed by atoms with van der Waals surface area (Å²) in [5.74, 6) is 1.42. The summed E-state index contributed by atoms with van der Waals surface area (Å²) in [5, 5.41) is 0. The Morgan fingerprint density at radius 3 is 0.971 bits per heavy atom. The summed E-state index contributed by atoms with van der Waals surface area (Å²) in [7, 11) is 0. The molecule has 34 heavy (non-hydrogen) atoms. The number of rotatable bonds is 24. The highest BCUT2D eigenvalue weighted by Crippen LogP contribution is 2.32. The molecular formula is C34H62. The Hall–Kier alpha value is -0.780. The molecule has 0 heteroatoms. The largest absolute Gasteiger partial charge is 0.0654 e. The molecule has 1 aromatic carbocycles. The standard InChI is InChI=1S/C34H62/c1-5-7-9-11-13-15-17-19-21-23-27-31(3)33-29-25-26-30-34(33)32(4)28-24-22-20-18-16-14-12-10-8-6-2/h25-26,29-32H,5-24,27-28H2,1-4H3. The third-order valence-corrected chi connectivity index (χ3v) is 8.04. The maximum absolute atomic E-state index is 2.47. The van der Waals surface area contributed by atoms with Crippen LogP contribution in [0, 0.1) is 0 Å². The molecule has 0 saturated heterocycles. The maximum Gasteiger partial charge on any atom is -0.0188 e. The molecule has 0 aromatic heterocycles. The average molecular weight is 471 g/mol. The van der Waals surface area contributed by atoms with Crippen LogP contribution >= 0.6 is 0 Å². The maximum atomic E-state index is 2.47. The van der Waals surface area contributed by atoms with Gasteiger partial charge in [0.15, 0.2) is 0 Å². The number of hydrogen-bond acceptors (Lipinski definition) is 0. The molecule has 0 radical (unpaired) electrons. The zero-order valence-electron chi connectivity index (χ0n) is 24.0. The third-order valence-electron chi connectivity index (χ3n) is 8.04. The van der Waals surface area contributed by atoms with Crippen LogP contribution in [0.15, 0.2) is 24.3 Å². The lowest BCUT2D eigenvalue weighted by molar-refractivity contribution is 0.524. The van der Waals surface area contributed by atoms with Gasteiger partial charge in [0.1, 0.15) is 0 Å². The van der Waals surface area contributed by atoms with E-state index in [1.807, 2.05) is 0 Å². The van der Waals surface area contributed by atoms with E-state index in [-0.39, 0.29) is 0 Å². The van der Waals surface area contributed by atoms with E-state index < -0.39 is 0 Å². The molecule has 0 aliphatic heterocycles. The van der Waals surface area contributed by atoms with Crippen molar-refractivity contribution in [1.29, 1.82) is 0 Å². The first-order valence-corrected chi connectivity index (χ1v) is 15.8. The molecular weight excluding hydrogens is 408 g/mol.